The van der Waals surface area contributed by atoms with Gasteiger partial charge in [-0.1, -0.05) is 0 Å². The van der Waals surface area contributed by atoms with E-state index in [-0.39, 0.29) is 17.5 Å². The molecule has 2 aromatic heterocycles. The van der Waals surface area contributed by atoms with Gasteiger partial charge < -0.3 is 19.7 Å². The lowest BCUT2D eigenvalue weighted by Crippen LogP contribution is -2.47. The minimum absolute atomic E-state index is 0.0293. The smallest absolute Gasteiger partial charge is 0.321 e. The molecule has 2 saturated heterocycles. The molecule has 1 unspecified atom stereocenters. The molecular weight excluding hydrogens is 342 g/mol. The zero-order chi connectivity index (χ0) is 18.4. The first kappa shape index (κ1) is 16.4. The number of aromatic nitrogens is 3. The van der Waals surface area contributed by atoms with E-state index in [4.69, 9.17) is 0 Å². The summed E-state index contributed by atoms with van der Waals surface area (Å²) in [6.07, 6.45) is 7.47. The molecule has 8 heteroatoms. The summed E-state index contributed by atoms with van der Waals surface area (Å²) < 4.78 is 0. The number of urea groups is 1. The molecule has 1 atom stereocenters. The monoisotopic (exact) mass is 365 g/mol. The van der Waals surface area contributed by atoms with Crippen molar-refractivity contribution in [1.29, 1.82) is 5.26 Å². The summed E-state index contributed by atoms with van der Waals surface area (Å²) in [5.41, 5.74) is 0.998. The first-order valence-electron chi connectivity index (χ1n) is 9.67. The Kier molecular flexibility index (Phi) is 3.71. The minimum atomic E-state index is -0.270. The number of hydrogen-bond acceptors (Lipinski definition) is 5. The molecule has 3 fully saturated rings. The minimum Gasteiger partial charge on any atom is -0.354 e. The fraction of sp³-hybridized carbons (Fsp3) is 0.579. The Morgan fingerprint density at radius 1 is 1.26 bits per heavy atom. The highest BCUT2D eigenvalue weighted by molar-refractivity contribution is 5.87. The standard InChI is InChI=1S/C19H23N7O/c20-10-14-2-1-7-26(14)18(27)25-9-8-24(11-19(12-25)4-5-19)17-15-3-6-21-16(15)22-13-23-17/h3,6,13-14H,1-2,4-5,7-9,11-12H2,(H,21,22,23). The van der Waals surface area contributed by atoms with Crippen LogP contribution in [-0.4, -0.2) is 69.5 Å². The van der Waals surface area contributed by atoms with E-state index in [9.17, 15) is 10.1 Å². The maximum absolute atomic E-state index is 13.1. The Morgan fingerprint density at radius 3 is 2.96 bits per heavy atom. The molecule has 2 aromatic rings. The number of amides is 2. The molecule has 0 bridgehead atoms. The average Bonchev–Trinajstić information content (AvgIpc) is 3.10. The van der Waals surface area contributed by atoms with Gasteiger partial charge in [0.2, 0.25) is 0 Å². The second-order valence-corrected chi connectivity index (χ2v) is 8.04. The zero-order valence-electron chi connectivity index (χ0n) is 15.3. The van der Waals surface area contributed by atoms with E-state index in [2.05, 4.69) is 25.9 Å². The number of anilines is 1. The molecule has 1 N–H and O–H groups in total. The molecule has 8 nitrogen and oxygen atoms in total. The lowest BCUT2D eigenvalue weighted by atomic mass is 10.1. The summed E-state index contributed by atoms with van der Waals surface area (Å²) >= 11 is 0. The van der Waals surface area contributed by atoms with E-state index in [1.807, 2.05) is 17.2 Å². The molecule has 2 amide bonds. The number of nitrogens with one attached hydrogen (secondary N) is 1. The van der Waals surface area contributed by atoms with Crippen LogP contribution in [0, 0.1) is 16.7 Å². The third-order valence-electron chi connectivity index (χ3n) is 6.20. The molecule has 5 rings (SSSR count). The number of H-pyrrole nitrogens is 1. The summed E-state index contributed by atoms with van der Waals surface area (Å²) in [5.74, 6) is 0.942. The van der Waals surface area contributed by atoms with Gasteiger partial charge in [-0.3, -0.25) is 0 Å². The lowest BCUT2D eigenvalue weighted by molar-refractivity contribution is 0.151. The van der Waals surface area contributed by atoms with Crippen LogP contribution in [0.3, 0.4) is 0 Å². The van der Waals surface area contributed by atoms with E-state index < -0.39 is 0 Å². The van der Waals surface area contributed by atoms with E-state index in [1.54, 1.807) is 11.2 Å². The van der Waals surface area contributed by atoms with Gasteiger partial charge in [0, 0.05) is 44.3 Å². The molecule has 1 saturated carbocycles. The fourth-order valence-corrected chi connectivity index (χ4v) is 4.52. The second kappa shape index (κ2) is 6.12. The van der Waals surface area contributed by atoms with Gasteiger partial charge in [0.25, 0.3) is 0 Å². The normalized spacial score (nSPS) is 24.3. The molecule has 1 aliphatic carbocycles. The van der Waals surface area contributed by atoms with Crippen LogP contribution in [0.15, 0.2) is 18.6 Å². The van der Waals surface area contributed by atoms with Crippen LogP contribution in [-0.2, 0) is 0 Å². The highest BCUT2D eigenvalue weighted by Gasteiger charge is 2.49. The third kappa shape index (κ3) is 2.78. The number of likely N-dealkylation sites (tertiary alicyclic amines) is 1. The molecular formula is C19H23N7O. The van der Waals surface area contributed by atoms with Gasteiger partial charge in [0.05, 0.1) is 11.5 Å². The number of hydrogen-bond donors (Lipinski definition) is 1. The number of carbonyl (C=O) groups excluding carboxylic acids is 1. The number of fused-ring (bicyclic) bond motifs is 1. The summed E-state index contributed by atoms with van der Waals surface area (Å²) in [6.45, 7) is 3.79. The summed E-state index contributed by atoms with van der Waals surface area (Å²) in [6, 6.07) is 4.06. The quantitative estimate of drug-likeness (QED) is 0.834. The number of nitrogens with zero attached hydrogens (tertiary/aromatic N) is 6. The highest BCUT2D eigenvalue weighted by Crippen LogP contribution is 2.48. The van der Waals surface area contributed by atoms with Gasteiger partial charge in [0.1, 0.15) is 23.8 Å². The highest BCUT2D eigenvalue weighted by atomic mass is 16.2. The fourth-order valence-electron chi connectivity index (χ4n) is 4.52. The molecule has 0 radical (unpaired) electrons. The Labute approximate surface area is 157 Å². The van der Waals surface area contributed by atoms with Gasteiger partial charge >= 0.3 is 6.03 Å². The first-order chi connectivity index (χ1) is 13.2. The van der Waals surface area contributed by atoms with Crippen LogP contribution < -0.4 is 4.90 Å². The van der Waals surface area contributed by atoms with Crippen LogP contribution in [0.4, 0.5) is 10.6 Å². The van der Waals surface area contributed by atoms with E-state index >= 15 is 0 Å². The average molecular weight is 365 g/mol. The predicted molar refractivity (Wildman–Crippen MR) is 100 cm³/mol. The molecule has 3 aliphatic rings. The number of aromatic amines is 1. The summed E-state index contributed by atoms with van der Waals surface area (Å²) in [7, 11) is 0. The van der Waals surface area contributed by atoms with Crippen molar-refractivity contribution in [2.24, 2.45) is 5.41 Å². The number of nitriles is 1. The SMILES string of the molecule is N#CC1CCCN1C(=O)N1CCN(c2ncnc3[nH]ccc23)CC2(CC2)C1. The largest absolute Gasteiger partial charge is 0.354 e. The van der Waals surface area contributed by atoms with Crippen LogP contribution in [0.5, 0.6) is 0 Å². The Bertz CT molecular complexity index is 912. The van der Waals surface area contributed by atoms with Crippen molar-refractivity contribution in [1.82, 2.24) is 24.8 Å². The maximum atomic E-state index is 13.1. The van der Waals surface area contributed by atoms with Gasteiger partial charge in [-0.2, -0.15) is 5.26 Å². The van der Waals surface area contributed by atoms with Gasteiger partial charge in [-0.25, -0.2) is 14.8 Å². The number of carbonyl (C=O) groups is 1. The topological polar surface area (TPSA) is 92.2 Å². The Morgan fingerprint density at radius 2 is 2.15 bits per heavy atom. The van der Waals surface area contributed by atoms with Crippen LogP contribution in [0.1, 0.15) is 25.7 Å². The Hall–Kier alpha value is -2.82. The van der Waals surface area contributed by atoms with Crippen molar-refractivity contribution in [2.75, 3.05) is 37.6 Å². The molecule has 140 valence electrons. The second-order valence-electron chi connectivity index (χ2n) is 8.04. The zero-order valence-corrected chi connectivity index (χ0v) is 15.3. The molecule has 27 heavy (non-hydrogen) atoms. The predicted octanol–water partition coefficient (Wildman–Crippen LogP) is 1.97. The number of rotatable bonds is 1. The van der Waals surface area contributed by atoms with Gasteiger partial charge in [-0.15, -0.1) is 0 Å². The van der Waals surface area contributed by atoms with Crippen molar-refractivity contribution in [3.8, 4) is 6.07 Å². The van der Waals surface area contributed by atoms with Crippen molar-refractivity contribution >= 4 is 22.9 Å². The van der Waals surface area contributed by atoms with Crippen molar-refractivity contribution in [2.45, 2.75) is 31.7 Å². The molecule has 4 heterocycles. The first-order valence-corrected chi connectivity index (χ1v) is 9.67. The van der Waals surface area contributed by atoms with E-state index in [0.717, 1.165) is 62.2 Å². The van der Waals surface area contributed by atoms with Crippen molar-refractivity contribution in [3.63, 3.8) is 0 Å². The van der Waals surface area contributed by atoms with Crippen LogP contribution in [0.2, 0.25) is 0 Å². The molecule has 1 spiro atoms. The van der Waals surface area contributed by atoms with Gasteiger partial charge in [-0.05, 0) is 31.7 Å². The summed E-state index contributed by atoms with van der Waals surface area (Å²) in [4.78, 5) is 31.1. The van der Waals surface area contributed by atoms with Crippen molar-refractivity contribution < 1.29 is 4.79 Å². The third-order valence-corrected chi connectivity index (χ3v) is 6.20. The van der Waals surface area contributed by atoms with E-state index in [1.165, 1.54) is 0 Å². The van der Waals surface area contributed by atoms with E-state index in [0.29, 0.717) is 13.1 Å². The van der Waals surface area contributed by atoms with Crippen LogP contribution >= 0.6 is 0 Å². The lowest BCUT2D eigenvalue weighted by Gasteiger charge is -2.30. The van der Waals surface area contributed by atoms with Crippen molar-refractivity contribution in [3.05, 3.63) is 18.6 Å². The molecule has 0 aromatic carbocycles. The maximum Gasteiger partial charge on any atom is 0.321 e. The molecule has 2 aliphatic heterocycles. The van der Waals surface area contributed by atoms with Crippen LogP contribution in [0.25, 0.3) is 11.0 Å². The summed E-state index contributed by atoms with van der Waals surface area (Å²) in [5, 5.41) is 10.4. The van der Waals surface area contributed by atoms with Gasteiger partial charge in [0.15, 0.2) is 0 Å². The Balaban J connectivity index is 1.40.